The van der Waals surface area contributed by atoms with Gasteiger partial charge in [0, 0.05) is 36.6 Å². The Hall–Kier alpha value is -3.16. The van der Waals surface area contributed by atoms with Crippen LogP contribution in [0.25, 0.3) is 6.08 Å². The average molecular weight is 356 g/mol. The highest BCUT2D eigenvalue weighted by molar-refractivity contribution is 6.12. The van der Waals surface area contributed by atoms with Crippen molar-refractivity contribution in [1.29, 1.82) is 0 Å². The third-order valence-corrected chi connectivity index (χ3v) is 4.14. The molecule has 0 N–H and O–H groups in total. The lowest BCUT2D eigenvalue weighted by molar-refractivity contribution is -0.129. The number of hydrogen-bond donors (Lipinski definition) is 0. The number of ether oxygens (including phenoxy) is 1. The first-order chi connectivity index (χ1) is 12.6. The zero-order valence-corrected chi connectivity index (χ0v) is 13.7. The normalized spacial score (nSPS) is 18.4. The lowest BCUT2D eigenvalue weighted by atomic mass is 10.2. The standard InChI is InChI=1S/C18H14F2N4O2/c19-13-4-3-12(8-14(13)20)16-23-15(17(25)26-16)7-11-9-21-18(22-10-11)24-5-1-2-6-24/h3-4,7-10H,1-2,5-6H2/b15-7-. The number of halogens is 2. The van der Waals surface area contributed by atoms with Gasteiger partial charge in [-0.25, -0.2) is 28.5 Å². The van der Waals surface area contributed by atoms with Crippen LogP contribution in [-0.2, 0) is 9.53 Å². The van der Waals surface area contributed by atoms with E-state index in [9.17, 15) is 13.6 Å². The Morgan fingerprint density at radius 1 is 1.08 bits per heavy atom. The van der Waals surface area contributed by atoms with Gasteiger partial charge in [0.15, 0.2) is 17.3 Å². The molecule has 1 fully saturated rings. The highest BCUT2D eigenvalue weighted by Crippen LogP contribution is 2.21. The zero-order valence-electron chi connectivity index (χ0n) is 13.7. The summed E-state index contributed by atoms with van der Waals surface area (Å²) in [5.41, 5.74) is 0.818. The molecule has 2 aliphatic rings. The van der Waals surface area contributed by atoms with Gasteiger partial charge in [-0.2, -0.15) is 0 Å². The molecular formula is C18H14F2N4O2. The van der Waals surface area contributed by atoms with Crippen molar-refractivity contribution in [2.75, 3.05) is 18.0 Å². The molecule has 0 bridgehead atoms. The van der Waals surface area contributed by atoms with Crippen molar-refractivity contribution < 1.29 is 18.3 Å². The molecule has 0 saturated carbocycles. The molecule has 26 heavy (non-hydrogen) atoms. The van der Waals surface area contributed by atoms with Gasteiger partial charge in [0.1, 0.15) is 0 Å². The Labute approximate surface area is 147 Å². The molecule has 0 unspecified atom stereocenters. The Morgan fingerprint density at radius 3 is 2.50 bits per heavy atom. The Bertz CT molecular complexity index is 919. The number of esters is 1. The highest BCUT2D eigenvalue weighted by Gasteiger charge is 2.25. The molecular weight excluding hydrogens is 342 g/mol. The molecule has 0 amide bonds. The summed E-state index contributed by atoms with van der Waals surface area (Å²) in [5.74, 6) is -2.11. The van der Waals surface area contributed by atoms with Crippen molar-refractivity contribution in [2.24, 2.45) is 4.99 Å². The van der Waals surface area contributed by atoms with E-state index in [0.717, 1.165) is 38.1 Å². The van der Waals surface area contributed by atoms with Crippen LogP contribution in [0.5, 0.6) is 0 Å². The summed E-state index contributed by atoms with van der Waals surface area (Å²) in [6.45, 7) is 1.88. The SMILES string of the molecule is O=C1OC(c2ccc(F)c(F)c2)=N/C1=C\c1cnc(N2CCCC2)nc1. The summed E-state index contributed by atoms with van der Waals surface area (Å²) >= 11 is 0. The molecule has 0 spiro atoms. The molecule has 8 heteroatoms. The van der Waals surface area contributed by atoms with E-state index in [-0.39, 0.29) is 17.2 Å². The number of aliphatic imine (C=N–C) groups is 1. The van der Waals surface area contributed by atoms with E-state index in [1.54, 1.807) is 12.4 Å². The first kappa shape index (κ1) is 16.3. The smallest absolute Gasteiger partial charge is 0.363 e. The fraction of sp³-hybridized carbons (Fsp3) is 0.222. The number of hydrogen-bond acceptors (Lipinski definition) is 6. The minimum absolute atomic E-state index is 0.0438. The van der Waals surface area contributed by atoms with Crippen LogP contribution in [0.3, 0.4) is 0 Å². The number of rotatable bonds is 3. The van der Waals surface area contributed by atoms with E-state index >= 15 is 0 Å². The van der Waals surface area contributed by atoms with Crippen molar-refractivity contribution >= 4 is 23.9 Å². The van der Waals surface area contributed by atoms with Gasteiger partial charge < -0.3 is 9.64 Å². The van der Waals surface area contributed by atoms with E-state index in [4.69, 9.17) is 4.74 Å². The second-order valence-electron chi connectivity index (χ2n) is 5.98. The van der Waals surface area contributed by atoms with Crippen LogP contribution < -0.4 is 4.90 Å². The fourth-order valence-corrected chi connectivity index (χ4v) is 2.81. The maximum Gasteiger partial charge on any atom is 0.363 e. The first-order valence-electron chi connectivity index (χ1n) is 8.15. The van der Waals surface area contributed by atoms with Crippen molar-refractivity contribution in [1.82, 2.24) is 9.97 Å². The second kappa shape index (κ2) is 6.62. The predicted octanol–water partition coefficient (Wildman–Crippen LogP) is 2.70. The molecule has 2 aliphatic heterocycles. The number of cyclic esters (lactones) is 1. The maximum absolute atomic E-state index is 13.3. The first-order valence-corrected chi connectivity index (χ1v) is 8.15. The van der Waals surface area contributed by atoms with Crippen molar-refractivity contribution in [3.63, 3.8) is 0 Å². The summed E-state index contributed by atoms with van der Waals surface area (Å²) in [6, 6.07) is 3.17. The highest BCUT2D eigenvalue weighted by atomic mass is 19.2. The van der Waals surface area contributed by atoms with Gasteiger partial charge in [-0.05, 0) is 37.1 Å². The minimum atomic E-state index is -1.04. The van der Waals surface area contributed by atoms with Gasteiger partial charge in [0.25, 0.3) is 0 Å². The van der Waals surface area contributed by atoms with Gasteiger partial charge >= 0.3 is 5.97 Å². The Balaban J connectivity index is 1.57. The molecule has 132 valence electrons. The average Bonchev–Trinajstić information content (AvgIpc) is 3.29. The molecule has 6 nitrogen and oxygen atoms in total. The molecule has 0 radical (unpaired) electrons. The van der Waals surface area contributed by atoms with Crippen LogP contribution in [0.1, 0.15) is 24.0 Å². The van der Waals surface area contributed by atoms with Gasteiger partial charge in [-0.3, -0.25) is 0 Å². The van der Waals surface area contributed by atoms with Gasteiger partial charge in [0.05, 0.1) is 0 Å². The summed E-state index contributed by atoms with van der Waals surface area (Å²) in [6.07, 6.45) is 6.95. The molecule has 1 aromatic carbocycles. The van der Waals surface area contributed by atoms with Crippen molar-refractivity contribution in [2.45, 2.75) is 12.8 Å². The van der Waals surface area contributed by atoms with Gasteiger partial charge in [-0.15, -0.1) is 0 Å². The topological polar surface area (TPSA) is 67.7 Å². The van der Waals surface area contributed by atoms with E-state index < -0.39 is 17.6 Å². The van der Waals surface area contributed by atoms with Crippen LogP contribution in [0, 0.1) is 11.6 Å². The third kappa shape index (κ3) is 3.17. The monoisotopic (exact) mass is 356 g/mol. The van der Waals surface area contributed by atoms with E-state index in [2.05, 4.69) is 19.9 Å². The predicted molar refractivity (Wildman–Crippen MR) is 90.4 cm³/mol. The number of benzene rings is 1. The number of aromatic nitrogens is 2. The van der Waals surface area contributed by atoms with E-state index in [0.29, 0.717) is 11.5 Å². The quantitative estimate of drug-likeness (QED) is 0.625. The molecule has 0 atom stereocenters. The van der Waals surface area contributed by atoms with Crippen LogP contribution in [-0.4, -0.2) is 34.9 Å². The van der Waals surface area contributed by atoms with E-state index in [1.165, 1.54) is 12.1 Å². The van der Waals surface area contributed by atoms with E-state index in [1.807, 2.05) is 0 Å². The molecule has 0 aliphatic carbocycles. The molecule has 3 heterocycles. The molecule has 1 aromatic heterocycles. The molecule has 1 saturated heterocycles. The minimum Gasteiger partial charge on any atom is -0.402 e. The largest absolute Gasteiger partial charge is 0.402 e. The van der Waals surface area contributed by atoms with Crippen LogP contribution in [0.15, 0.2) is 41.3 Å². The summed E-state index contributed by atoms with van der Waals surface area (Å²) < 4.78 is 31.4. The number of carbonyl (C=O) groups excluding carboxylic acids is 1. The van der Waals surface area contributed by atoms with Gasteiger partial charge in [0.2, 0.25) is 11.8 Å². The molecule has 4 rings (SSSR count). The zero-order chi connectivity index (χ0) is 18.1. The van der Waals surface area contributed by atoms with Crippen molar-refractivity contribution in [3.8, 4) is 0 Å². The number of anilines is 1. The van der Waals surface area contributed by atoms with Gasteiger partial charge in [-0.1, -0.05) is 0 Å². The lowest BCUT2D eigenvalue weighted by Crippen LogP contribution is -2.20. The fourth-order valence-electron chi connectivity index (χ4n) is 2.81. The summed E-state index contributed by atoms with van der Waals surface area (Å²) in [7, 11) is 0. The lowest BCUT2D eigenvalue weighted by Gasteiger charge is -2.14. The Kier molecular flexibility index (Phi) is 4.16. The number of nitrogens with zero attached hydrogens (tertiary/aromatic N) is 4. The number of carbonyl (C=O) groups is 1. The second-order valence-corrected chi connectivity index (χ2v) is 5.98. The summed E-state index contributed by atoms with van der Waals surface area (Å²) in [5, 5.41) is 0. The maximum atomic E-state index is 13.3. The Morgan fingerprint density at radius 2 is 1.81 bits per heavy atom. The summed E-state index contributed by atoms with van der Waals surface area (Å²) in [4.78, 5) is 26.7. The molecule has 2 aromatic rings. The third-order valence-electron chi connectivity index (χ3n) is 4.14. The van der Waals surface area contributed by atoms with Crippen LogP contribution >= 0.6 is 0 Å². The van der Waals surface area contributed by atoms with Crippen LogP contribution in [0.2, 0.25) is 0 Å². The van der Waals surface area contributed by atoms with Crippen LogP contribution in [0.4, 0.5) is 14.7 Å². The van der Waals surface area contributed by atoms with Crippen molar-refractivity contribution in [3.05, 3.63) is 59.1 Å².